The first-order chi connectivity index (χ1) is 12.5. The molecule has 1 aromatic carbocycles. The van der Waals surface area contributed by atoms with E-state index in [4.69, 9.17) is 9.47 Å². The molecule has 2 heterocycles. The molecule has 9 heteroatoms. The van der Waals surface area contributed by atoms with E-state index in [0.717, 1.165) is 0 Å². The van der Waals surface area contributed by atoms with Crippen molar-refractivity contribution in [3.63, 3.8) is 0 Å². The van der Waals surface area contributed by atoms with Crippen molar-refractivity contribution in [2.45, 2.75) is 4.90 Å². The SMILES string of the molecule is O=C(COC(=O)c1cccs1)c1cccc(S(=O)(=O)N2CCOCC2)c1. The minimum atomic E-state index is -3.69. The minimum absolute atomic E-state index is 0.0369. The van der Waals surface area contributed by atoms with Crippen LogP contribution in [-0.2, 0) is 19.5 Å². The van der Waals surface area contributed by atoms with Crippen LogP contribution in [0.25, 0.3) is 0 Å². The van der Waals surface area contributed by atoms with E-state index in [1.54, 1.807) is 17.5 Å². The zero-order valence-corrected chi connectivity index (χ0v) is 15.4. The molecule has 1 aromatic heterocycles. The minimum Gasteiger partial charge on any atom is -0.453 e. The number of thiophene rings is 1. The summed E-state index contributed by atoms with van der Waals surface area (Å²) >= 11 is 1.22. The molecule has 0 atom stereocenters. The first-order valence-corrected chi connectivity index (χ1v) is 10.2. The summed E-state index contributed by atoms with van der Waals surface area (Å²) < 4.78 is 36.8. The third kappa shape index (κ3) is 4.18. The third-order valence-electron chi connectivity index (χ3n) is 3.82. The van der Waals surface area contributed by atoms with Crippen molar-refractivity contribution in [2.24, 2.45) is 0 Å². The quantitative estimate of drug-likeness (QED) is 0.547. The lowest BCUT2D eigenvalue weighted by Crippen LogP contribution is -2.40. The van der Waals surface area contributed by atoms with Crippen LogP contribution in [-0.4, -0.2) is 57.4 Å². The Morgan fingerprint density at radius 1 is 1.15 bits per heavy atom. The molecule has 1 aliphatic rings. The number of carbonyl (C=O) groups excluding carboxylic acids is 2. The Bertz CT molecular complexity index is 886. The molecule has 0 saturated carbocycles. The second-order valence-electron chi connectivity index (χ2n) is 5.52. The van der Waals surface area contributed by atoms with E-state index in [1.165, 1.54) is 39.9 Å². The molecule has 0 radical (unpaired) electrons. The fraction of sp³-hybridized carbons (Fsp3) is 0.294. The molecule has 7 nitrogen and oxygen atoms in total. The van der Waals surface area contributed by atoms with Crippen molar-refractivity contribution < 1.29 is 27.5 Å². The molecule has 138 valence electrons. The summed E-state index contributed by atoms with van der Waals surface area (Å²) in [5, 5.41) is 1.73. The number of benzene rings is 1. The summed E-state index contributed by atoms with van der Waals surface area (Å²) in [7, 11) is -3.69. The van der Waals surface area contributed by atoms with Gasteiger partial charge in [-0.25, -0.2) is 13.2 Å². The van der Waals surface area contributed by atoms with Gasteiger partial charge in [0, 0.05) is 18.7 Å². The van der Waals surface area contributed by atoms with E-state index in [2.05, 4.69) is 0 Å². The number of ether oxygens (including phenoxy) is 2. The number of esters is 1. The van der Waals surface area contributed by atoms with Crippen LogP contribution < -0.4 is 0 Å². The molecule has 1 aliphatic heterocycles. The molecule has 0 unspecified atom stereocenters. The third-order valence-corrected chi connectivity index (χ3v) is 6.57. The summed E-state index contributed by atoms with van der Waals surface area (Å²) in [5.41, 5.74) is 0.179. The van der Waals surface area contributed by atoms with Gasteiger partial charge in [0.2, 0.25) is 10.0 Å². The van der Waals surface area contributed by atoms with Crippen LogP contribution in [0.15, 0.2) is 46.7 Å². The fourth-order valence-corrected chi connectivity index (χ4v) is 4.52. The maximum atomic E-state index is 12.7. The lowest BCUT2D eigenvalue weighted by atomic mass is 10.1. The molecule has 0 spiro atoms. The van der Waals surface area contributed by atoms with Crippen LogP contribution in [0.4, 0.5) is 0 Å². The largest absolute Gasteiger partial charge is 0.453 e. The molecule has 1 saturated heterocycles. The number of morpholine rings is 1. The number of carbonyl (C=O) groups is 2. The molecule has 1 fully saturated rings. The Morgan fingerprint density at radius 3 is 2.62 bits per heavy atom. The number of sulfonamides is 1. The number of nitrogens with zero attached hydrogens (tertiary/aromatic N) is 1. The zero-order valence-electron chi connectivity index (χ0n) is 13.8. The predicted octanol–water partition coefficient (Wildman–Crippen LogP) is 1.81. The van der Waals surface area contributed by atoms with Gasteiger partial charge in [-0.3, -0.25) is 4.79 Å². The van der Waals surface area contributed by atoms with Gasteiger partial charge in [-0.1, -0.05) is 18.2 Å². The normalized spacial score (nSPS) is 15.5. The summed E-state index contributed by atoms with van der Waals surface area (Å²) in [5.74, 6) is -1.04. The predicted molar refractivity (Wildman–Crippen MR) is 95.0 cm³/mol. The average Bonchev–Trinajstić information content (AvgIpc) is 3.21. The molecule has 0 amide bonds. The van der Waals surface area contributed by atoms with E-state index < -0.39 is 28.4 Å². The lowest BCUT2D eigenvalue weighted by Gasteiger charge is -2.26. The maximum absolute atomic E-state index is 12.7. The molecule has 3 rings (SSSR count). The first-order valence-electron chi connectivity index (χ1n) is 7.90. The van der Waals surface area contributed by atoms with E-state index in [-0.39, 0.29) is 23.5 Å². The van der Waals surface area contributed by atoms with Crippen LogP contribution in [0.5, 0.6) is 0 Å². The lowest BCUT2D eigenvalue weighted by molar-refractivity contribution is 0.0479. The highest BCUT2D eigenvalue weighted by Gasteiger charge is 2.27. The highest BCUT2D eigenvalue weighted by atomic mass is 32.2. The Kier molecular flexibility index (Phi) is 5.82. The van der Waals surface area contributed by atoms with E-state index in [0.29, 0.717) is 18.1 Å². The molecule has 2 aromatic rings. The molecule has 0 N–H and O–H groups in total. The summed E-state index contributed by atoms with van der Waals surface area (Å²) in [6.45, 7) is 0.794. The first kappa shape index (κ1) is 18.7. The summed E-state index contributed by atoms with van der Waals surface area (Å²) in [6.07, 6.45) is 0. The standard InChI is InChI=1S/C17H17NO6S2/c19-15(12-24-17(20)16-5-2-10-25-16)13-3-1-4-14(11-13)26(21,22)18-6-8-23-9-7-18/h1-5,10-11H,6-9,12H2. The van der Waals surface area contributed by atoms with Crippen LogP contribution >= 0.6 is 11.3 Å². The van der Waals surface area contributed by atoms with Gasteiger partial charge in [-0.05, 0) is 23.6 Å². The van der Waals surface area contributed by atoms with Gasteiger partial charge in [0.1, 0.15) is 4.88 Å². The molecule has 0 aliphatic carbocycles. The average molecular weight is 395 g/mol. The number of Topliss-reactive ketones (excluding diaryl/α,β-unsaturated/α-hetero) is 1. The van der Waals surface area contributed by atoms with Gasteiger partial charge in [0.25, 0.3) is 0 Å². The highest BCUT2D eigenvalue weighted by molar-refractivity contribution is 7.89. The van der Waals surface area contributed by atoms with E-state index >= 15 is 0 Å². The number of rotatable bonds is 6. The van der Waals surface area contributed by atoms with Crippen molar-refractivity contribution >= 4 is 33.1 Å². The Morgan fingerprint density at radius 2 is 1.92 bits per heavy atom. The van der Waals surface area contributed by atoms with Crippen molar-refractivity contribution in [1.82, 2.24) is 4.31 Å². The second kappa shape index (κ2) is 8.09. The monoisotopic (exact) mass is 395 g/mol. The van der Waals surface area contributed by atoms with Gasteiger partial charge >= 0.3 is 5.97 Å². The number of hydrogen-bond acceptors (Lipinski definition) is 7. The van der Waals surface area contributed by atoms with Crippen molar-refractivity contribution in [3.05, 3.63) is 52.2 Å². The smallest absolute Gasteiger partial charge is 0.348 e. The van der Waals surface area contributed by atoms with Gasteiger partial charge in [-0.2, -0.15) is 4.31 Å². The second-order valence-corrected chi connectivity index (χ2v) is 8.41. The Labute approximate surface area is 155 Å². The van der Waals surface area contributed by atoms with Crippen LogP contribution in [0.3, 0.4) is 0 Å². The van der Waals surface area contributed by atoms with Crippen molar-refractivity contribution in [1.29, 1.82) is 0 Å². The molecule has 26 heavy (non-hydrogen) atoms. The van der Waals surface area contributed by atoms with E-state index in [9.17, 15) is 18.0 Å². The van der Waals surface area contributed by atoms with Gasteiger partial charge in [-0.15, -0.1) is 11.3 Å². The fourth-order valence-electron chi connectivity index (χ4n) is 2.45. The van der Waals surface area contributed by atoms with E-state index in [1.807, 2.05) is 0 Å². The Hall–Kier alpha value is -2.07. The van der Waals surface area contributed by atoms with Gasteiger partial charge in [0.15, 0.2) is 12.4 Å². The summed E-state index contributed by atoms with van der Waals surface area (Å²) in [4.78, 5) is 24.5. The summed E-state index contributed by atoms with van der Waals surface area (Å²) in [6, 6.07) is 9.07. The maximum Gasteiger partial charge on any atom is 0.348 e. The molecular formula is C17H17NO6S2. The zero-order chi connectivity index (χ0) is 18.6. The van der Waals surface area contributed by atoms with Gasteiger partial charge < -0.3 is 9.47 Å². The highest BCUT2D eigenvalue weighted by Crippen LogP contribution is 2.19. The van der Waals surface area contributed by atoms with Crippen molar-refractivity contribution in [3.8, 4) is 0 Å². The topological polar surface area (TPSA) is 90.0 Å². The van der Waals surface area contributed by atoms with Crippen LogP contribution in [0, 0.1) is 0 Å². The molecular weight excluding hydrogens is 378 g/mol. The van der Waals surface area contributed by atoms with Crippen molar-refractivity contribution in [2.75, 3.05) is 32.9 Å². The van der Waals surface area contributed by atoms with Crippen LogP contribution in [0.2, 0.25) is 0 Å². The number of ketones is 1. The number of hydrogen-bond donors (Lipinski definition) is 0. The Balaban J connectivity index is 1.70. The van der Waals surface area contributed by atoms with Gasteiger partial charge in [0.05, 0.1) is 18.1 Å². The molecule has 0 bridgehead atoms. The van der Waals surface area contributed by atoms with Crippen LogP contribution in [0.1, 0.15) is 20.0 Å².